The summed E-state index contributed by atoms with van der Waals surface area (Å²) in [6.45, 7) is 5.89. The van der Waals surface area contributed by atoms with Gasteiger partial charge in [-0.3, -0.25) is 0 Å². The Hall–Kier alpha value is -0.860. The van der Waals surface area contributed by atoms with Crippen molar-refractivity contribution in [3.8, 4) is 0 Å². The lowest BCUT2D eigenvalue weighted by atomic mass is 10.1. The summed E-state index contributed by atoms with van der Waals surface area (Å²) in [5, 5.41) is 12.9. The standard InChI is InChI=1S/C14H23NO/c1-12(2)10-14(16)11-15-9-8-13-6-4-3-5-7-13/h3-7,12,14-16H,8-11H2,1-2H3. The summed E-state index contributed by atoms with van der Waals surface area (Å²) in [5.74, 6) is 0.561. The van der Waals surface area contributed by atoms with Crippen LogP contribution in [0.3, 0.4) is 0 Å². The zero-order valence-electron chi connectivity index (χ0n) is 10.3. The van der Waals surface area contributed by atoms with Gasteiger partial charge in [0.05, 0.1) is 6.10 Å². The topological polar surface area (TPSA) is 32.3 Å². The molecule has 0 fully saturated rings. The van der Waals surface area contributed by atoms with Gasteiger partial charge in [-0.1, -0.05) is 44.2 Å². The third kappa shape index (κ3) is 5.89. The Morgan fingerprint density at radius 2 is 1.88 bits per heavy atom. The monoisotopic (exact) mass is 221 g/mol. The molecule has 0 spiro atoms. The molecular formula is C14H23NO. The average Bonchev–Trinajstić information content (AvgIpc) is 2.25. The molecule has 0 amide bonds. The molecule has 0 saturated carbocycles. The molecule has 16 heavy (non-hydrogen) atoms. The first-order chi connectivity index (χ1) is 7.68. The van der Waals surface area contributed by atoms with Crippen molar-refractivity contribution in [3.05, 3.63) is 35.9 Å². The van der Waals surface area contributed by atoms with Crippen molar-refractivity contribution in [2.24, 2.45) is 5.92 Å². The maximum Gasteiger partial charge on any atom is 0.0667 e. The summed E-state index contributed by atoms with van der Waals surface area (Å²) in [4.78, 5) is 0. The van der Waals surface area contributed by atoms with Crippen molar-refractivity contribution in [3.63, 3.8) is 0 Å². The smallest absolute Gasteiger partial charge is 0.0667 e. The number of nitrogens with one attached hydrogen (secondary N) is 1. The predicted octanol–water partition coefficient (Wildman–Crippen LogP) is 2.23. The number of benzene rings is 1. The van der Waals surface area contributed by atoms with Crippen LogP contribution in [0.15, 0.2) is 30.3 Å². The molecule has 1 aromatic carbocycles. The first-order valence-corrected chi connectivity index (χ1v) is 6.11. The maximum absolute atomic E-state index is 9.65. The lowest BCUT2D eigenvalue weighted by Gasteiger charge is -2.13. The van der Waals surface area contributed by atoms with Gasteiger partial charge in [-0.15, -0.1) is 0 Å². The van der Waals surface area contributed by atoms with Crippen molar-refractivity contribution >= 4 is 0 Å². The minimum Gasteiger partial charge on any atom is -0.392 e. The summed E-state index contributed by atoms with van der Waals surface area (Å²) in [6.07, 6.45) is 1.68. The zero-order chi connectivity index (χ0) is 11.8. The van der Waals surface area contributed by atoms with E-state index >= 15 is 0 Å². The van der Waals surface area contributed by atoms with Crippen molar-refractivity contribution in [1.82, 2.24) is 5.32 Å². The van der Waals surface area contributed by atoms with E-state index in [0.29, 0.717) is 12.5 Å². The van der Waals surface area contributed by atoms with Gasteiger partial charge in [0.2, 0.25) is 0 Å². The molecule has 0 aliphatic heterocycles. The molecule has 1 rings (SSSR count). The molecule has 2 N–H and O–H groups in total. The first kappa shape index (κ1) is 13.2. The molecule has 0 radical (unpaired) electrons. The summed E-state index contributed by atoms with van der Waals surface area (Å²) >= 11 is 0. The van der Waals surface area contributed by atoms with Crippen LogP contribution in [-0.4, -0.2) is 24.3 Å². The van der Waals surface area contributed by atoms with Gasteiger partial charge in [0.1, 0.15) is 0 Å². The lowest BCUT2D eigenvalue weighted by molar-refractivity contribution is 0.147. The Morgan fingerprint density at radius 3 is 2.50 bits per heavy atom. The van der Waals surface area contributed by atoms with Crippen LogP contribution in [-0.2, 0) is 6.42 Å². The molecule has 0 bridgehead atoms. The average molecular weight is 221 g/mol. The van der Waals surface area contributed by atoms with Crippen LogP contribution < -0.4 is 5.32 Å². The molecule has 0 aliphatic rings. The minimum atomic E-state index is -0.212. The zero-order valence-corrected chi connectivity index (χ0v) is 10.3. The second kappa shape index (κ2) is 7.42. The van der Waals surface area contributed by atoms with Gasteiger partial charge < -0.3 is 10.4 Å². The number of hydrogen-bond acceptors (Lipinski definition) is 2. The highest BCUT2D eigenvalue weighted by molar-refractivity contribution is 5.14. The van der Waals surface area contributed by atoms with E-state index in [1.165, 1.54) is 5.56 Å². The largest absolute Gasteiger partial charge is 0.392 e. The van der Waals surface area contributed by atoms with Crippen LogP contribution in [0.4, 0.5) is 0 Å². The third-order valence-corrected chi connectivity index (χ3v) is 2.56. The first-order valence-electron chi connectivity index (χ1n) is 6.11. The van der Waals surface area contributed by atoms with E-state index < -0.39 is 0 Å². The van der Waals surface area contributed by atoms with Crippen LogP contribution in [0.1, 0.15) is 25.8 Å². The quantitative estimate of drug-likeness (QED) is 0.692. The number of rotatable bonds is 7. The second-order valence-corrected chi connectivity index (χ2v) is 4.72. The fraction of sp³-hybridized carbons (Fsp3) is 0.571. The number of aliphatic hydroxyl groups excluding tert-OH is 1. The van der Waals surface area contributed by atoms with Crippen molar-refractivity contribution < 1.29 is 5.11 Å². The van der Waals surface area contributed by atoms with E-state index in [1.54, 1.807) is 0 Å². The molecule has 0 aromatic heterocycles. The Labute approximate surface area is 98.7 Å². The van der Waals surface area contributed by atoms with Gasteiger partial charge in [0.15, 0.2) is 0 Å². The normalized spacial score (nSPS) is 13.0. The van der Waals surface area contributed by atoms with E-state index in [9.17, 15) is 5.11 Å². The maximum atomic E-state index is 9.65. The van der Waals surface area contributed by atoms with Gasteiger partial charge >= 0.3 is 0 Å². The van der Waals surface area contributed by atoms with Gasteiger partial charge in [-0.25, -0.2) is 0 Å². The third-order valence-electron chi connectivity index (χ3n) is 2.56. The summed E-state index contributed by atoms with van der Waals surface area (Å²) in [7, 11) is 0. The second-order valence-electron chi connectivity index (χ2n) is 4.72. The molecular weight excluding hydrogens is 198 g/mol. The van der Waals surface area contributed by atoms with Crippen molar-refractivity contribution in [1.29, 1.82) is 0 Å². The van der Waals surface area contributed by atoms with Crippen LogP contribution in [0.2, 0.25) is 0 Å². The molecule has 1 aromatic rings. The van der Waals surface area contributed by atoms with E-state index in [1.807, 2.05) is 6.07 Å². The predicted molar refractivity (Wildman–Crippen MR) is 68.5 cm³/mol. The van der Waals surface area contributed by atoms with Gasteiger partial charge in [0, 0.05) is 6.54 Å². The highest BCUT2D eigenvalue weighted by atomic mass is 16.3. The summed E-state index contributed by atoms with van der Waals surface area (Å²) in [6, 6.07) is 10.4. The molecule has 2 heteroatoms. The van der Waals surface area contributed by atoms with Gasteiger partial charge in [-0.05, 0) is 30.9 Å². The molecule has 1 unspecified atom stereocenters. The Balaban J connectivity index is 2.08. The van der Waals surface area contributed by atoms with Gasteiger partial charge in [0.25, 0.3) is 0 Å². The van der Waals surface area contributed by atoms with Crippen molar-refractivity contribution in [2.45, 2.75) is 32.8 Å². The molecule has 0 saturated heterocycles. The highest BCUT2D eigenvalue weighted by Crippen LogP contribution is 2.03. The summed E-state index contributed by atoms with van der Waals surface area (Å²) in [5.41, 5.74) is 1.34. The fourth-order valence-corrected chi connectivity index (χ4v) is 1.77. The fourth-order valence-electron chi connectivity index (χ4n) is 1.77. The lowest BCUT2D eigenvalue weighted by Crippen LogP contribution is -2.29. The van der Waals surface area contributed by atoms with Crippen LogP contribution in [0.5, 0.6) is 0 Å². The Morgan fingerprint density at radius 1 is 1.19 bits per heavy atom. The molecule has 90 valence electrons. The van der Waals surface area contributed by atoms with Crippen molar-refractivity contribution in [2.75, 3.05) is 13.1 Å². The van der Waals surface area contributed by atoms with Crippen LogP contribution >= 0.6 is 0 Å². The Bertz CT molecular complexity index is 271. The summed E-state index contributed by atoms with van der Waals surface area (Å²) < 4.78 is 0. The minimum absolute atomic E-state index is 0.212. The SMILES string of the molecule is CC(C)CC(O)CNCCc1ccccc1. The molecule has 0 aliphatic carbocycles. The van der Waals surface area contributed by atoms with E-state index in [-0.39, 0.29) is 6.10 Å². The van der Waals surface area contributed by atoms with E-state index in [0.717, 1.165) is 19.4 Å². The molecule has 0 heterocycles. The van der Waals surface area contributed by atoms with Gasteiger partial charge in [-0.2, -0.15) is 0 Å². The Kier molecular flexibility index (Phi) is 6.12. The van der Waals surface area contributed by atoms with E-state index in [4.69, 9.17) is 0 Å². The molecule has 2 nitrogen and oxygen atoms in total. The molecule has 1 atom stereocenters. The number of hydrogen-bond donors (Lipinski definition) is 2. The number of aliphatic hydroxyl groups is 1. The highest BCUT2D eigenvalue weighted by Gasteiger charge is 2.05. The van der Waals surface area contributed by atoms with Crippen LogP contribution in [0.25, 0.3) is 0 Å². The van der Waals surface area contributed by atoms with E-state index in [2.05, 4.69) is 43.4 Å². The van der Waals surface area contributed by atoms with Crippen LogP contribution in [0, 0.1) is 5.92 Å².